The molecule has 1 aromatic heterocycles. The Morgan fingerprint density at radius 2 is 2.21 bits per heavy atom. The topological polar surface area (TPSA) is 80.5 Å². The van der Waals surface area contributed by atoms with Crippen molar-refractivity contribution in [2.75, 3.05) is 17.6 Å². The van der Waals surface area contributed by atoms with Crippen LogP contribution in [0.5, 0.6) is 0 Å². The molecule has 0 radical (unpaired) electrons. The fourth-order valence-electron chi connectivity index (χ4n) is 3.98. The van der Waals surface area contributed by atoms with Gasteiger partial charge >= 0.3 is 6.09 Å². The summed E-state index contributed by atoms with van der Waals surface area (Å²) in [5.41, 5.74) is 6.63. The maximum absolute atomic E-state index is 14.8. The van der Waals surface area contributed by atoms with Crippen molar-refractivity contribution in [2.45, 2.75) is 44.9 Å². The number of nitrogen functional groups attached to an aromatic ring is 1. The molecule has 3 heterocycles. The van der Waals surface area contributed by atoms with Crippen LogP contribution in [0.4, 0.5) is 20.6 Å². The van der Waals surface area contributed by atoms with Crippen molar-refractivity contribution < 1.29 is 13.9 Å². The summed E-state index contributed by atoms with van der Waals surface area (Å²) in [7, 11) is 0. The van der Waals surface area contributed by atoms with Gasteiger partial charge in [-0.3, -0.25) is 0 Å². The van der Waals surface area contributed by atoms with E-state index in [0.717, 1.165) is 6.42 Å². The fraction of sp³-hybridized carbons (Fsp3) is 0.474. The average molecular weight is 598 g/mol. The highest BCUT2D eigenvalue weighted by molar-refractivity contribution is 14.1. The molecule has 6 nitrogen and oxygen atoms in total. The van der Waals surface area contributed by atoms with Crippen molar-refractivity contribution in [1.82, 2.24) is 9.88 Å². The number of halogens is 4. The minimum atomic E-state index is -0.548. The molecule has 3 N–H and O–H groups in total. The van der Waals surface area contributed by atoms with Crippen molar-refractivity contribution in [1.29, 1.82) is 0 Å². The van der Waals surface area contributed by atoms with Gasteiger partial charge in [0.2, 0.25) is 0 Å². The van der Waals surface area contributed by atoms with Crippen LogP contribution in [0.2, 0.25) is 5.15 Å². The molecule has 2 saturated heterocycles. The van der Waals surface area contributed by atoms with E-state index in [9.17, 15) is 9.18 Å². The molecule has 2 aromatic rings. The molecule has 2 bridgehead atoms. The van der Waals surface area contributed by atoms with E-state index in [0.29, 0.717) is 25.7 Å². The highest BCUT2D eigenvalue weighted by atomic mass is 127. The number of aromatic nitrogens is 1. The Morgan fingerprint density at radius 1 is 1.52 bits per heavy atom. The van der Waals surface area contributed by atoms with Gasteiger partial charge in [-0.2, -0.15) is 0 Å². The third-order valence-corrected chi connectivity index (χ3v) is 8.00. The molecule has 3 aliphatic rings. The van der Waals surface area contributed by atoms with E-state index in [4.69, 9.17) is 22.1 Å². The molecule has 1 saturated carbocycles. The monoisotopic (exact) mass is 596 g/mol. The lowest BCUT2D eigenvalue weighted by molar-refractivity contribution is 0.0239. The van der Waals surface area contributed by atoms with Gasteiger partial charge in [-0.1, -0.05) is 11.6 Å². The molecule has 3 unspecified atom stereocenters. The minimum absolute atomic E-state index is 0.00384. The Morgan fingerprint density at radius 3 is 2.86 bits per heavy atom. The predicted molar refractivity (Wildman–Crippen MR) is 124 cm³/mol. The van der Waals surface area contributed by atoms with Gasteiger partial charge in [-0.25, -0.2) is 14.2 Å². The van der Waals surface area contributed by atoms with Gasteiger partial charge in [0.1, 0.15) is 11.1 Å². The second kappa shape index (κ2) is 7.26. The van der Waals surface area contributed by atoms with Crippen LogP contribution >= 0.6 is 50.1 Å². The van der Waals surface area contributed by atoms with Crippen LogP contribution in [0.15, 0.2) is 10.5 Å². The normalized spacial score (nSPS) is 23.3. The number of hydrogen-bond acceptors (Lipinski definition) is 5. The smallest absolute Gasteiger partial charge is 0.410 e. The van der Waals surface area contributed by atoms with Crippen LogP contribution in [0.25, 0.3) is 10.9 Å². The number of anilines is 2. The van der Waals surface area contributed by atoms with Crippen LogP contribution in [0, 0.1) is 15.3 Å². The number of pyridine rings is 1. The number of benzene rings is 1. The summed E-state index contributed by atoms with van der Waals surface area (Å²) in [5.74, 6) is -0.211. The van der Waals surface area contributed by atoms with E-state index >= 15 is 0 Å². The highest BCUT2D eigenvalue weighted by Crippen LogP contribution is 2.46. The van der Waals surface area contributed by atoms with Crippen LogP contribution in [-0.2, 0) is 4.74 Å². The van der Waals surface area contributed by atoms with Crippen LogP contribution in [-0.4, -0.2) is 40.2 Å². The molecule has 1 aliphatic carbocycles. The highest BCUT2D eigenvalue weighted by Gasteiger charge is 2.55. The molecule has 0 spiro atoms. The van der Waals surface area contributed by atoms with Crippen LogP contribution < -0.4 is 11.1 Å². The van der Waals surface area contributed by atoms with Gasteiger partial charge < -0.3 is 20.7 Å². The van der Waals surface area contributed by atoms with Gasteiger partial charge in [-0.05, 0) is 71.8 Å². The predicted octanol–water partition coefficient (Wildman–Crippen LogP) is 5.40. The maximum atomic E-state index is 14.8. The van der Waals surface area contributed by atoms with E-state index in [1.807, 2.05) is 26.8 Å². The lowest BCUT2D eigenvalue weighted by Crippen LogP contribution is -2.50. The van der Waals surface area contributed by atoms with E-state index in [1.165, 1.54) is 0 Å². The zero-order chi connectivity index (χ0) is 21.2. The third kappa shape index (κ3) is 3.63. The number of amides is 1. The lowest BCUT2D eigenvalue weighted by Gasteiger charge is -2.38. The molecule has 1 aromatic carbocycles. The minimum Gasteiger partial charge on any atom is -0.444 e. The zero-order valence-corrected chi connectivity index (χ0v) is 20.5. The second-order valence-corrected chi connectivity index (χ2v) is 10.8. The van der Waals surface area contributed by atoms with Crippen molar-refractivity contribution in [3.8, 4) is 0 Å². The largest absolute Gasteiger partial charge is 0.444 e. The molecule has 3 fully saturated rings. The Balaban J connectivity index is 1.66. The number of nitrogens with two attached hydrogens (primary N) is 1. The summed E-state index contributed by atoms with van der Waals surface area (Å²) in [6.07, 6.45) is 0.578. The first-order valence-corrected chi connectivity index (χ1v) is 11.4. The Hall–Kier alpha value is -1.07. The molecule has 156 valence electrons. The molecule has 10 heteroatoms. The van der Waals surface area contributed by atoms with Gasteiger partial charge in [0, 0.05) is 21.4 Å². The van der Waals surface area contributed by atoms with Crippen molar-refractivity contribution in [3.05, 3.63) is 25.1 Å². The standard InChI is InChI=1S/C19H20BrClFIN4O2/c1-19(2,3)29-18(28)27-6-7-4-10(27)14(7)25-16-8-5-9(23)11(20)12(22)15(8)26-17(21)13(16)24/h5,7,10,14H,4,6,24H2,1-3H3,(H,25,26). The van der Waals surface area contributed by atoms with Crippen LogP contribution in [0.1, 0.15) is 27.2 Å². The lowest BCUT2D eigenvalue weighted by atomic mass is 9.79. The number of nitrogens with one attached hydrogen (secondary N) is 1. The van der Waals surface area contributed by atoms with Gasteiger partial charge in [0.25, 0.3) is 0 Å². The average Bonchev–Trinajstić information content (AvgIpc) is 3.20. The quantitative estimate of drug-likeness (QED) is 0.276. The van der Waals surface area contributed by atoms with Gasteiger partial charge in [0.15, 0.2) is 11.0 Å². The first-order chi connectivity index (χ1) is 13.5. The number of fused-ring (bicyclic) bond motifs is 2. The van der Waals surface area contributed by atoms with E-state index in [1.54, 1.807) is 4.90 Å². The summed E-state index contributed by atoms with van der Waals surface area (Å²) in [6, 6.07) is 1.81. The number of nitrogens with zero attached hydrogens (tertiary/aromatic N) is 2. The van der Waals surface area contributed by atoms with Crippen molar-refractivity contribution >= 4 is 78.5 Å². The van der Waals surface area contributed by atoms with Crippen molar-refractivity contribution in [3.63, 3.8) is 0 Å². The number of hydrogen-bond donors (Lipinski definition) is 2. The first-order valence-electron chi connectivity index (χ1n) is 9.16. The Bertz CT molecular complexity index is 1030. The first kappa shape index (κ1) is 21.2. The molecular formula is C19H20BrClFIN4O2. The third-order valence-electron chi connectivity index (χ3n) is 5.34. The van der Waals surface area contributed by atoms with E-state index < -0.39 is 11.4 Å². The molecule has 1 amide bonds. The Labute approximate surface area is 194 Å². The molecule has 3 atom stereocenters. The maximum Gasteiger partial charge on any atom is 0.410 e. The van der Waals surface area contributed by atoms with Crippen LogP contribution in [0.3, 0.4) is 0 Å². The number of ether oxygens (including phenoxy) is 1. The summed E-state index contributed by atoms with van der Waals surface area (Å²) in [4.78, 5) is 18.4. The van der Waals surface area contributed by atoms with Gasteiger partial charge in [0.05, 0.1) is 27.9 Å². The molecule has 5 rings (SSSR count). The van der Waals surface area contributed by atoms with E-state index in [2.05, 4.69) is 48.8 Å². The Kier molecular flexibility index (Phi) is 5.30. The summed E-state index contributed by atoms with van der Waals surface area (Å²) in [5, 5.41) is 4.04. The second-order valence-electron chi connectivity index (χ2n) is 8.44. The summed E-state index contributed by atoms with van der Waals surface area (Å²) >= 11 is 11.5. The number of carbonyl (C=O) groups excluding carboxylic acids is 1. The van der Waals surface area contributed by atoms with Gasteiger partial charge in [-0.15, -0.1) is 0 Å². The summed E-state index contributed by atoms with van der Waals surface area (Å²) < 4.78 is 21.3. The fourth-order valence-corrected chi connectivity index (χ4v) is 5.01. The van der Waals surface area contributed by atoms with E-state index in [-0.39, 0.29) is 40.5 Å². The molecule has 29 heavy (non-hydrogen) atoms. The van der Waals surface area contributed by atoms with Crippen molar-refractivity contribution in [2.24, 2.45) is 5.92 Å². The molecule has 2 aliphatic heterocycles. The SMILES string of the molecule is CC(C)(C)OC(=O)N1CC2CC1C2Nc1c(N)c(Cl)nc2c(F)c(Br)c(I)cc12. The molecular weight excluding hydrogens is 577 g/mol. The zero-order valence-electron chi connectivity index (χ0n) is 16.0. The number of carbonyl (C=O) groups is 1. The number of rotatable bonds is 2. The summed E-state index contributed by atoms with van der Waals surface area (Å²) in [6.45, 7) is 6.16.